The van der Waals surface area contributed by atoms with E-state index in [0.29, 0.717) is 5.57 Å². The topological polar surface area (TPSA) is 64.6 Å². The number of rotatable bonds is 4. The van der Waals surface area contributed by atoms with Crippen LogP contribution in [0.1, 0.15) is 44.1 Å². The molecule has 6 rings (SSSR count). The van der Waals surface area contributed by atoms with Crippen LogP contribution in [-0.4, -0.2) is 30.6 Å². The molecule has 0 saturated heterocycles. The minimum Gasteiger partial charge on any atom is -0.488 e. The maximum atomic E-state index is 12.5. The van der Waals surface area contributed by atoms with Gasteiger partial charge in [-0.05, 0) is 68.4 Å². The van der Waals surface area contributed by atoms with Crippen LogP contribution >= 0.6 is 0 Å². The molecule has 4 aliphatic carbocycles. The molecule has 0 unspecified atom stereocenters. The number of carbonyl (C=O) groups is 2. The van der Waals surface area contributed by atoms with E-state index in [1.54, 1.807) is 6.08 Å². The Morgan fingerprint density at radius 1 is 1.07 bits per heavy atom. The van der Waals surface area contributed by atoms with Gasteiger partial charge < -0.3 is 14.8 Å². The largest absolute Gasteiger partial charge is 0.488 e. The summed E-state index contributed by atoms with van der Waals surface area (Å²) < 4.78 is 10.9. The first kappa shape index (κ1) is 16.8. The number of esters is 1. The molecule has 27 heavy (non-hydrogen) atoms. The fraction of sp³-hybridized carbons (Fsp3) is 0.545. The van der Waals surface area contributed by atoms with E-state index < -0.39 is 5.97 Å². The number of carbonyl (C=O) groups excluding carboxylic acids is 2. The average Bonchev–Trinajstić information content (AvgIpc) is 2.64. The molecule has 0 atom stereocenters. The van der Waals surface area contributed by atoms with Crippen molar-refractivity contribution < 1.29 is 19.1 Å². The molecule has 5 aliphatic rings. The SMILES string of the molecule is O=C(COC(=O)C1=Cc2ccccc2OC1)NC12CC3CC(CC(C3)C1)C2. The van der Waals surface area contributed by atoms with Crippen LogP contribution in [0.15, 0.2) is 29.8 Å². The van der Waals surface area contributed by atoms with Crippen molar-refractivity contribution in [3.63, 3.8) is 0 Å². The maximum absolute atomic E-state index is 12.5. The minimum atomic E-state index is -0.481. The van der Waals surface area contributed by atoms with Crippen LogP contribution in [-0.2, 0) is 14.3 Å². The van der Waals surface area contributed by atoms with Crippen molar-refractivity contribution in [2.45, 2.75) is 44.1 Å². The van der Waals surface area contributed by atoms with E-state index >= 15 is 0 Å². The van der Waals surface area contributed by atoms with Crippen molar-refractivity contribution in [1.82, 2.24) is 5.32 Å². The van der Waals surface area contributed by atoms with E-state index in [4.69, 9.17) is 9.47 Å². The van der Waals surface area contributed by atoms with Gasteiger partial charge in [0.1, 0.15) is 12.4 Å². The Balaban J connectivity index is 1.18. The first-order valence-corrected chi connectivity index (χ1v) is 9.99. The molecule has 1 aromatic carbocycles. The predicted octanol–water partition coefficient (Wildman–Crippen LogP) is 3.09. The van der Waals surface area contributed by atoms with Gasteiger partial charge in [-0.1, -0.05) is 18.2 Å². The van der Waals surface area contributed by atoms with Gasteiger partial charge in [0.15, 0.2) is 6.61 Å². The van der Waals surface area contributed by atoms with Crippen LogP contribution in [0.4, 0.5) is 0 Å². The van der Waals surface area contributed by atoms with Gasteiger partial charge in [-0.25, -0.2) is 4.79 Å². The van der Waals surface area contributed by atoms with Gasteiger partial charge in [-0.2, -0.15) is 0 Å². The number of hydrogen-bond acceptors (Lipinski definition) is 4. The van der Waals surface area contributed by atoms with Crippen molar-refractivity contribution in [3.05, 3.63) is 35.4 Å². The van der Waals surface area contributed by atoms with Gasteiger partial charge in [-0.15, -0.1) is 0 Å². The molecule has 1 aromatic rings. The van der Waals surface area contributed by atoms with Crippen molar-refractivity contribution >= 4 is 18.0 Å². The van der Waals surface area contributed by atoms with Crippen LogP contribution in [0.25, 0.3) is 6.08 Å². The van der Waals surface area contributed by atoms with E-state index in [1.165, 1.54) is 19.3 Å². The second-order valence-electron chi connectivity index (χ2n) is 8.82. The third kappa shape index (κ3) is 3.24. The molecule has 4 saturated carbocycles. The molecule has 0 spiro atoms. The lowest BCUT2D eigenvalue weighted by Crippen LogP contribution is -2.60. The number of nitrogens with one attached hydrogen (secondary N) is 1. The molecule has 142 valence electrons. The Morgan fingerprint density at radius 3 is 2.44 bits per heavy atom. The number of hydrogen-bond donors (Lipinski definition) is 1. The Morgan fingerprint density at radius 2 is 1.74 bits per heavy atom. The summed E-state index contributed by atoms with van der Waals surface area (Å²) in [7, 11) is 0. The summed E-state index contributed by atoms with van der Waals surface area (Å²) in [5.41, 5.74) is 1.25. The van der Waals surface area contributed by atoms with Crippen molar-refractivity contribution in [3.8, 4) is 5.75 Å². The predicted molar refractivity (Wildman–Crippen MR) is 99.9 cm³/mol. The molecule has 1 amide bonds. The van der Waals surface area contributed by atoms with Crippen LogP contribution in [0.2, 0.25) is 0 Å². The van der Waals surface area contributed by atoms with Gasteiger partial charge in [0.2, 0.25) is 0 Å². The quantitative estimate of drug-likeness (QED) is 0.831. The number of amides is 1. The zero-order valence-corrected chi connectivity index (χ0v) is 15.4. The summed E-state index contributed by atoms with van der Waals surface area (Å²) in [6.07, 6.45) is 9.05. The Kier molecular flexibility index (Phi) is 3.99. The Hall–Kier alpha value is -2.30. The molecule has 0 aromatic heterocycles. The van der Waals surface area contributed by atoms with E-state index in [0.717, 1.165) is 48.3 Å². The summed E-state index contributed by atoms with van der Waals surface area (Å²) in [4.78, 5) is 24.8. The lowest BCUT2D eigenvalue weighted by Gasteiger charge is -2.56. The van der Waals surface area contributed by atoms with Crippen LogP contribution in [0.5, 0.6) is 5.75 Å². The van der Waals surface area contributed by atoms with Crippen molar-refractivity contribution in [2.24, 2.45) is 17.8 Å². The molecular formula is C22H25NO4. The van der Waals surface area contributed by atoms with Gasteiger partial charge in [0.05, 0.1) is 5.57 Å². The van der Waals surface area contributed by atoms with E-state index in [-0.39, 0.29) is 24.7 Å². The third-order valence-corrected chi connectivity index (χ3v) is 6.67. The molecule has 1 N–H and O–H groups in total. The number of para-hydroxylation sites is 1. The highest BCUT2D eigenvalue weighted by molar-refractivity contribution is 5.96. The summed E-state index contributed by atoms with van der Waals surface area (Å²) in [6.45, 7) is -0.0496. The highest BCUT2D eigenvalue weighted by Gasteiger charge is 2.51. The van der Waals surface area contributed by atoms with E-state index in [1.807, 2.05) is 24.3 Å². The maximum Gasteiger partial charge on any atom is 0.338 e. The molecule has 1 aliphatic heterocycles. The zero-order chi connectivity index (χ0) is 18.4. The zero-order valence-electron chi connectivity index (χ0n) is 15.4. The van der Waals surface area contributed by atoms with Crippen LogP contribution in [0, 0.1) is 17.8 Å². The molecule has 5 heteroatoms. The number of ether oxygens (including phenoxy) is 2. The minimum absolute atomic E-state index is 0.0512. The summed E-state index contributed by atoms with van der Waals surface area (Å²) in [5.74, 6) is 2.40. The fourth-order valence-corrected chi connectivity index (χ4v) is 6.05. The van der Waals surface area contributed by atoms with E-state index in [9.17, 15) is 9.59 Å². The monoisotopic (exact) mass is 367 g/mol. The van der Waals surface area contributed by atoms with Crippen molar-refractivity contribution in [2.75, 3.05) is 13.2 Å². The number of fused-ring (bicyclic) bond motifs is 1. The van der Waals surface area contributed by atoms with E-state index in [2.05, 4.69) is 5.32 Å². The second-order valence-corrected chi connectivity index (χ2v) is 8.82. The standard InChI is InChI=1S/C22H25NO4/c24-20(23-22-9-14-5-15(10-22)7-16(6-14)11-22)13-27-21(25)18-8-17-3-1-2-4-19(17)26-12-18/h1-4,8,14-16H,5-7,9-13H2,(H,23,24). The van der Waals surface area contributed by atoms with Gasteiger partial charge in [-0.3, -0.25) is 4.79 Å². The molecule has 4 bridgehead atoms. The van der Waals surface area contributed by atoms with Gasteiger partial charge in [0, 0.05) is 11.1 Å². The smallest absolute Gasteiger partial charge is 0.338 e. The van der Waals surface area contributed by atoms with Gasteiger partial charge >= 0.3 is 5.97 Å². The van der Waals surface area contributed by atoms with Crippen LogP contribution in [0.3, 0.4) is 0 Å². The molecular weight excluding hydrogens is 342 g/mol. The second kappa shape index (κ2) is 6.39. The van der Waals surface area contributed by atoms with Gasteiger partial charge in [0.25, 0.3) is 5.91 Å². The lowest BCUT2D eigenvalue weighted by molar-refractivity contribution is -0.147. The summed E-state index contributed by atoms with van der Waals surface area (Å²) in [6, 6.07) is 7.55. The number of benzene rings is 1. The fourth-order valence-electron chi connectivity index (χ4n) is 6.05. The molecule has 4 fully saturated rings. The third-order valence-electron chi connectivity index (χ3n) is 6.67. The highest BCUT2D eigenvalue weighted by atomic mass is 16.5. The Bertz CT molecular complexity index is 777. The van der Waals surface area contributed by atoms with Crippen LogP contribution < -0.4 is 10.1 Å². The Labute approximate surface area is 159 Å². The summed E-state index contributed by atoms with van der Waals surface area (Å²) in [5, 5.41) is 3.23. The normalized spacial score (nSPS) is 32.9. The highest BCUT2D eigenvalue weighted by Crippen LogP contribution is 2.55. The van der Waals surface area contributed by atoms with Crippen molar-refractivity contribution in [1.29, 1.82) is 0 Å². The first-order valence-electron chi connectivity index (χ1n) is 9.99. The average molecular weight is 367 g/mol. The lowest BCUT2D eigenvalue weighted by atomic mass is 9.53. The molecule has 1 heterocycles. The molecule has 0 radical (unpaired) electrons. The first-order chi connectivity index (χ1) is 13.1. The summed E-state index contributed by atoms with van der Waals surface area (Å²) >= 11 is 0. The molecule has 5 nitrogen and oxygen atoms in total.